The molecule has 0 aliphatic rings. The summed E-state index contributed by atoms with van der Waals surface area (Å²) >= 11 is 16.2. The quantitative estimate of drug-likeness (QED) is 0.0936. The second kappa shape index (κ2) is 23.9. The van der Waals surface area contributed by atoms with Crippen molar-refractivity contribution in [1.29, 1.82) is 0 Å². The molecule has 5 heterocycles. The van der Waals surface area contributed by atoms with Crippen LogP contribution in [0.5, 0.6) is 0 Å². The van der Waals surface area contributed by atoms with Crippen LogP contribution in [0.1, 0.15) is 0 Å². The molecule has 0 saturated carbocycles. The molecule has 9 aromatic carbocycles. The number of hydrogen-bond donors (Lipinski definition) is 0. The molecule has 0 fully saturated rings. The predicted octanol–water partition coefficient (Wildman–Crippen LogP) is 18.6. The molecule has 5 aromatic heterocycles. The first-order chi connectivity index (χ1) is 34.2. The molecule has 0 nitrogen and oxygen atoms in total. The summed E-state index contributed by atoms with van der Waals surface area (Å²) in [6, 6.07) is 73.3. The van der Waals surface area contributed by atoms with Gasteiger partial charge in [-0.15, -0.1) is 50.7 Å². The Labute approximate surface area is 477 Å². The van der Waals surface area contributed by atoms with Gasteiger partial charge in [0.05, 0.1) is 0 Å². The van der Waals surface area contributed by atoms with Crippen molar-refractivity contribution in [2.45, 2.75) is 0 Å². The molecule has 71 heavy (non-hydrogen) atoms. The van der Waals surface area contributed by atoms with Gasteiger partial charge in [-0.1, -0.05) is 170 Å². The maximum Gasteiger partial charge on any atom is 2.00 e. The van der Waals surface area contributed by atoms with Crippen LogP contribution in [0.3, 0.4) is 0 Å². The molecule has 14 aromatic rings. The number of benzene rings is 9. The van der Waals surface area contributed by atoms with E-state index in [1.807, 2.05) is 62.9 Å². The van der Waals surface area contributed by atoms with Crippen LogP contribution >= 0.6 is 88.5 Å². The summed E-state index contributed by atoms with van der Waals surface area (Å²) in [6.07, 6.45) is 0. The first-order valence-electron chi connectivity index (χ1n) is 22.3. The molecule has 340 valence electrons. The number of fused-ring (bicyclic) bond motifs is 6. The summed E-state index contributed by atoms with van der Waals surface area (Å²) in [7, 11) is 0. The maximum atomic E-state index is 3.70. The van der Waals surface area contributed by atoms with E-state index in [0.29, 0.717) is 0 Å². The molecule has 0 spiro atoms. The molecule has 0 bridgehead atoms. The van der Waals surface area contributed by atoms with Crippen molar-refractivity contribution in [1.82, 2.24) is 0 Å². The van der Waals surface area contributed by atoms with Crippen LogP contribution in [0.4, 0.5) is 0 Å². The van der Waals surface area contributed by atoms with Gasteiger partial charge in [0.2, 0.25) is 0 Å². The van der Waals surface area contributed by atoms with Gasteiger partial charge in [-0.05, 0) is 142 Å². The summed E-state index contributed by atoms with van der Waals surface area (Å²) in [5.74, 6) is 0. The van der Waals surface area contributed by atoms with Gasteiger partial charge in [-0.2, -0.15) is 11.4 Å². The molecular formula is C62H39Br3MgS5. The van der Waals surface area contributed by atoms with Gasteiger partial charge in [0.15, 0.2) is 0 Å². The van der Waals surface area contributed by atoms with Crippen molar-refractivity contribution in [2.24, 2.45) is 0 Å². The fraction of sp³-hybridized carbons (Fsp3) is 0. The Morgan fingerprint density at radius 2 is 0.493 bits per heavy atom. The topological polar surface area (TPSA) is 0 Å². The Kier molecular flexibility index (Phi) is 17.2. The molecule has 0 aliphatic heterocycles. The van der Waals surface area contributed by atoms with Crippen LogP contribution in [0.15, 0.2) is 242 Å². The minimum Gasteiger partial charge on any atom is -1.00 e. The number of rotatable bonds is 4. The molecule has 0 amide bonds. The number of thiophene rings is 5. The van der Waals surface area contributed by atoms with E-state index in [1.54, 1.807) is 11.3 Å². The van der Waals surface area contributed by atoms with Crippen LogP contribution in [0.25, 0.3) is 106 Å². The molecule has 0 saturated heterocycles. The summed E-state index contributed by atoms with van der Waals surface area (Å²) < 4.78 is 2.34. The van der Waals surface area contributed by atoms with Gasteiger partial charge < -0.3 is 28.3 Å². The third kappa shape index (κ3) is 10.4. The van der Waals surface area contributed by atoms with Gasteiger partial charge in [-0.25, -0.2) is 6.07 Å². The third-order valence-corrected chi connectivity index (χ3v) is 17.9. The van der Waals surface area contributed by atoms with Gasteiger partial charge >= 0.3 is 23.1 Å². The van der Waals surface area contributed by atoms with Crippen molar-refractivity contribution < 1.29 is 17.0 Å². The van der Waals surface area contributed by atoms with E-state index in [1.165, 1.54) is 115 Å². The largest absolute Gasteiger partial charge is 2.00 e. The van der Waals surface area contributed by atoms with Crippen LogP contribution in [0, 0.1) is 5.38 Å². The Hall–Kier alpha value is -4.75. The summed E-state index contributed by atoms with van der Waals surface area (Å²) in [6.45, 7) is 0. The van der Waals surface area contributed by atoms with E-state index in [-0.39, 0.29) is 40.0 Å². The zero-order chi connectivity index (χ0) is 46.5. The summed E-state index contributed by atoms with van der Waals surface area (Å²) in [5, 5.41) is 29.2. The van der Waals surface area contributed by atoms with Crippen LogP contribution in [-0.2, 0) is 0 Å². The van der Waals surface area contributed by atoms with Crippen LogP contribution < -0.4 is 17.0 Å². The zero-order valence-electron chi connectivity index (χ0n) is 37.9. The average molecular weight is 1210 g/mol. The van der Waals surface area contributed by atoms with Gasteiger partial charge in [-0.3, -0.25) is 0 Å². The van der Waals surface area contributed by atoms with E-state index < -0.39 is 0 Å². The van der Waals surface area contributed by atoms with Crippen LogP contribution in [-0.4, -0.2) is 23.1 Å². The van der Waals surface area contributed by atoms with Crippen molar-refractivity contribution in [3.63, 3.8) is 0 Å². The third-order valence-electron chi connectivity index (χ3n) is 12.1. The monoisotopic (exact) mass is 1200 g/mol. The van der Waals surface area contributed by atoms with Crippen molar-refractivity contribution >= 4 is 176 Å². The maximum absolute atomic E-state index is 3.70. The fourth-order valence-electron chi connectivity index (χ4n) is 9.22. The molecule has 0 N–H and O–H groups in total. The van der Waals surface area contributed by atoms with Crippen LogP contribution in [0.2, 0.25) is 0 Å². The second-order valence-corrected chi connectivity index (χ2v) is 22.2. The number of hydrogen-bond acceptors (Lipinski definition) is 5. The molecular weight excluding hydrogens is 1170 g/mol. The van der Waals surface area contributed by atoms with E-state index in [2.05, 4.69) is 253 Å². The average Bonchev–Trinajstić information content (AvgIpc) is 4.28. The standard InChI is InChI=1S/2C22H14S2.C14H8Br2.C4H3S.BrH.Mg/c2*1-2-8-16-15(7-1)21(19-11-5-13-23-19)17-9-3-4-10-18(17)22(16)20-12-6-14-24-20;15-13-9-5-1-2-6-10(9)14(16)12-8-4-3-7-11(12)13;1-2-4-5-3-1;;/h2*1-14H;1-8H;1-3H;1H;/q;;;-1;;+2/p-1. The second-order valence-electron chi connectivity index (χ2n) is 16.0. The van der Waals surface area contributed by atoms with E-state index in [4.69, 9.17) is 0 Å². The molecule has 0 unspecified atom stereocenters. The Morgan fingerprint density at radius 1 is 0.268 bits per heavy atom. The van der Waals surface area contributed by atoms with Crippen molar-refractivity contribution in [2.75, 3.05) is 0 Å². The predicted molar refractivity (Wildman–Crippen MR) is 322 cm³/mol. The normalized spacial score (nSPS) is 10.7. The molecule has 0 aliphatic carbocycles. The molecule has 14 rings (SSSR count). The summed E-state index contributed by atoms with van der Waals surface area (Å²) in [5.41, 5.74) is 5.43. The summed E-state index contributed by atoms with van der Waals surface area (Å²) in [4.78, 5) is 5.33. The Balaban J connectivity index is 0.000000126. The molecule has 9 heteroatoms. The van der Waals surface area contributed by atoms with Crippen molar-refractivity contribution in [3.05, 3.63) is 247 Å². The van der Waals surface area contributed by atoms with Gasteiger partial charge in [0.25, 0.3) is 0 Å². The number of halogens is 3. The first-order valence-corrected chi connectivity index (χ1v) is 28.3. The smallest absolute Gasteiger partial charge is 1.00 e. The molecule has 0 atom stereocenters. The first kappa shape index (κ1) is 51.2. The van der Waals surface area contributed by atoms with E-state index >= 15 is 0 Å². The minimum absolute atomic E-state index is 0. The zero-order valence-corrected chi connectivity index (χ0v) is 48.2. The van der Waals surface area contributed by atoms with Gasteiger partial charge in [0.1, 0.15) is 0 Å². The van der Waals surface area contributed by atoms with Crippen molar-refractivity contribution in [3.8, 4) is 41.8 Å². The Bertz CT molecular complexity index is 3360. The molecule has 0 radical (unpaired) electrons. The van der Waals surface area contributed by atoms with E-state index in [9.17, 15) is 0 Å². The SMILES string of the molecule is Brc1c2ccccc2c(Br)c2ccccc12.[Br-].[Mg+2].[c-]1cccs1.c1csc(-c2c3ccccc3c(-c3cccs3)c3ccccc23)c1.c1csc(-c2c3ccccc3c(-c3cccs3)c3ccccc23)c1. The fourth-order valence-corrected chi connectivity index (χ4v) is 14.2. The minimum atomic E-state index is 0. The van der Waals surface area contributed by atoms with E-state index in [0.717, 1.165) is 0 Å². The Morgan fingerprint density at radius 3 is 0.648 bits per heavy atom. The van der Waals surface area contributed by atoms with Gasteiger partial charge in [0, 0.05) is 50.7 Å².